The standard InChI is InChI=1S/C11H15Cl2NO2S/c1-2-3-8(14)7-17(15,16)9-4-5-10(12)11(13)6-9/h4-6,8H,2-3,7,14H2,1H3. The average molecular weight is 296 g/mol. The van der Waals surface area contributed by atoms with Crippen LogP contribution in [-0.2, 0) is 9.84 Å². The number of hydrogen-bond donors (Lipinski definition) is 1. The molecule has 0 bridgehead atoms. The van der Waals surface area contributed by atoms with Gasteiger partial charge in [0.05, 0.1) is 20.7 Å². The van der Waals surface area contributed by atoms with Crippen LogP contribution in [0.25, 0.3) is 0 Å². The van der Waals surface area contributed by atoms with E-state index in [9.17, 15) is 8.42 Å². The molecule has 0 spiro atoms. The van der Waals surface area contributed by atoms with Gasteiger partial charge < -0.3 is 5.73 Å². The maximum Gasteiger partial charge on any atom is 0.179 e. The van der Waals surface area contributed by atoms with Gasteiger partial charge >= 0.3 is 0 Å². The maximum absolute atomic E-state index is 12.0. The molecule has 1 unspecified atom stereocenters. The van der Waals surface area contributed by atoms with E-state index in [1.807, 2.05) is 6.92 Å². The minimum absolute atomic E-state index is 0.0706. The molecule has 0 aliphatic carbocycles. The lowest BCUT2D eigenvalue weighted by Gasteiger charge is -2.11. The van der Waals surface area contributed by atoms with E-state index in [4.69, 9.17) is 28.9 Å². The lowest BCUT2D eigenvalue weighted by atomic mass is 10.2. The SMILES string of the molecule is CCCC(N)CS(=O)(=O)c1ccc(Cl)c(Cl)c1. The van der Waals surface area contributed by atoms with Crippen molar-refractivity contribution in [3.05, 3.63) is 28.2 Å². The fourth-order valence-corrected chi connectivity index (χ4v) is 3.36. The number of hydrogen-bond acceptors (Lipinski definition) is 3. The Kier molecular flexibility index (Phi) is 5.25. The van der Waals surface area contributed by atoms with Crippen LogP contribution in [0.4, 0.5) is 0 Å². The number of nitrogens with two attached hydrogens (primary N) is 1. The molecule has 1 atom stereocenters. The lowest BCUT2D eigenvalue weighted by molar-refractivity contribution is 0.577. The van der Waals surface area contributed by atoms with Crippen molar-refractivity contribution in [2.75, 3.05) is 5.75 Å². The van der Waals surface area contributed by atoms with Crippen molar-refractivity contribution in [1.29, 1.82) is 0 Å². The molecular formula is C11H15Cl2NO2S. The third-order valence-corrected chi connectivity index (χ3v) is 4.92. The molecule has 0 amide bonds. The summed E-state index contributed by atoms with van der Waals surface area (Å²) in [5.41, 5.74) is 5.74. The quantitative estimate of drug-likeness (QED) is 0.908. The fraction of sp³-hybridized carbons (Fsp3) is 0.455. The van der Waals surface area contributed by atoms with Gasteiger partial charge in [-0.3, -0.25) is 0 Å². The van der Waals surface area contributed by atoms with Crippen molar-refractivity contribution in [3.63, 3.8) is 0 Å². The third-order valence-electron chi connectivity index (χ3n) is 2.34. The van der Waals surface area contributed by atoms with Crippen molar-refractivity contribution >= 4 is 33.0 Å². The molecule has 0 heterocycles. The summed E-state index contributed by atoms with van der Waals surface area (Å²) in [6, 6.07) is 3.93. The molecule has 0 saturated carbocycles. The summed E-state index contributed by atoms with van der Waals surface area (Å²) in [4.78, 5) is 0.165. The summed E-state index contributed by atoms with van der Waals surface area (Å²) in [5, 5.41) is 0.570. The van der Waals surface area contributed by atoms with Crippen LogP contribution in [0.1, 0.15) is 19.8 Å². The molecule has 0 radical (unpaired) electrons. The van der Waals surface area contributed by atoms with Gasteiger partial charge in [-0.2, -0.15) is 0 Å². The van der Waals surface area contributed by atoms with E-state index in [1.54, 1.807) is 0 Å². The highest BCUT2D eigenvalue weighted by molar-refractivity contribution is 7.91. The van der Waals surface area contributed by atoms with Crippen molar-refractivity contribution in [2.24, 2.45) is 5.73 Å². The first kappa shape index (κ1) is 14.8. The fourth-order valence-electron chi connectivity index (χ4n) is 1.50. The van der Waals surface area contributed by atoms with Crippen molar-refractivity contribution in [3.8, 4) is 0 Å². The average Bonchev–Trinajstić information content (AvgIpc) is 2.21. The number of benzene rings is 1. The molecule has 0 aliphatic rings. The second-order valence-corrected chi connectivity index (χ2v) is 6.75. The molecular weight excluding hydrogens is 281 g/mol. The minimum atomic E-state index is -3.39. The molecule has 17 heavy (non-hydrogen) atoms. The predicted octanol–water partition coefficient (Wildman–Crippen LogP) is 2.89. The molecule has 0 aliphatic heterocycles. The van der Waals surface area contributed by atoms with Crippen LogP contribution in [0.5, 0.6) is 0 Å². The molecule has 96 valence electrons. The van der Waals surface area contributed by atoms with Gasteiger partial charge in [-0.25, -0.2) is 8.42 Å². The molecule has 6 heteroatoms. The van der Waals surface area contributed by atoms with E-state index in [1.165, 1.54) is 18.2 Å². The van der Waals surface area contributed by atoms with Crippen LogP contribution in [0.15, 0.2) is 23.1 Å². The van der Waals surface area contributed by atoms with Gasteiger partial charge in [-0.15, -0.1) is 0 Å². The molecule has 1 aromatic carbocycles. The number of halogens is 2. The van der Waals surface area contributed by atoms with Gasteiger partial charge in [-0.1, -0.05) is 36.5 Å². The Morgan fingerprint density at radius 1 is 1.29 bits per heavy atom. The summed E-state index contributed by atoms with van der Waals surface area (Å²) >= 11 is 11.5. The topological polar surface area (TPSA) is 60.2 Å². The Morgan fingerprint density at radius 2 is 1.94 bits per heavy atom. The molecule has 0 saturated heterocycles. The van der Waals surface area contributed by atoms with Crippen LogP contribution in [0.2, 0.25) is 10.0 Å². The summed E-state index contributed by atoms with van der Waals surface area (Å²) in [6.07, 6.45) is 1.54. The van der Waals surface area contributed by atoms with E-state index in [-0.39, 0.29) is 21.7 Å². The van der Waals surface area contributed by atoms with Crippen molar-refractivity contribution in [2.45, 2.75) is 30.7 Å². The smallest absolute Gasteiger partial charge is 0.179 e. The van der Waals surface area contributed by atoms with Gasteiger partial charge in [0.25, 0.3) is 0 Å². The number of rotatable bonds is 5. The summed E-state index contributed by atoms with van der Waals surface area (Å²) in [5.74, 6) is -0.0706. The summed E-state index contributed by atoms with van der Waals surface area (Å²) < 4.78 is 24.0. The Labute approximate surface area is 112 Å². The van der Waals surface area contributed by atoms with Gasteiger partial charge in [0.15, 0.2) is 9.84 Å². The van der Waals surface area contributed by atoms with Crippen LogP contribution < -0.4 is 5.73 Å². The van der Waals surface area contributed by atoms with Crippen molar-refractivity contribution in [1.82, 2.24) is 0 Å². The normalized spacial score (nSPS) is 13.6. The van der Waals surface area contributed by atoms with Gasteiger partial charge in [0.2, 0.25) is 0 Å². The molecule has 1 rings (SSSR count). The highest BCUT2D eigenvalue weighted by atomic mass is 35.5. The minimum Gasteiger partial charge on any atom is -0.327 e. The predicted molar refractivity (Wildman–Crippen MR) is 71.4 cm³/mol. The van der Waals surface area contributed by atoms with Crippen LogP contribution in [0.3, 0.4) is 0 Å². The molecule has 1 aromatic rings. The maximum atomic E-state index is 12.0. The molecule has 0 aromatic heterocycles. The Hall–Kier alpha value is -0.290. The Balaban J connectivity index is 2.93. The molecule has 0 fully saturated rings. The van der Waals surface area contributed by atoms with E-state index in [0.717, 1.165) is 6.42 Å². The van der Waals surface area contributed by atoms with Crippen LogP contribution in [0, 0.1) is 0 Å². The van der Waals surface area contributed by atoms with Crippen LogP contribution >= 0.6 is 23.2 Å². The Morgan fingerprint density at radius 3 is 2.47 bits per heavy atom. The zero-order chi connectivity index (χ0) is 13.1. The Bertz CT molecular complexity index is 488. The van der Waals surface area contributed by atoms with Gasteiger partial charge in [0, 0.05) is 6.04 Å². The zero-order valence-corrected chi connectivity index (χ0v) is 11.8. The van der Waals surface area contributed by atoms with E-state index in [0.29, 0.717) is 11.4 Å². The zero-order valence-electron chi connectivity index (χ0n) is 9.49. The highest BCUT2D eigenvalue weighted by Crippen LogP contribution is 2.25. The highest BCUT2D eigenvalue weighted by Gasteiger charge is 2.19. The first-order valence-corrected chi connectivity index (χ1v) is 7.71. The van der Waals surface area contributed by atoms with Crippen molar-refractivity contribution < 1.29 is 8.42 Å². The van der Waals surface area contributed by atoms with Crippen LogP contribution in [-0.4, -0.2) is 20.2 Å². The van der Waals surface area contributed by atoms with Gasteiger partial charge in [-0.05, 0) is 24.6 Å². The monoisotopic (exact) mass is 295 g/mol. The largest absolute Gasteiger partial charge is 0.327 e. The molecule has 3 nitrogen and oxygen atoms in total. The van der Waals surface area contributed by atoms with E-state index in [2.05, 4.69) is 0 Å². The lowest BCUT2D eigenvalue weighted by Crippen LogP contribution is -2.29. The van der Waals surface area contributed by atoms with E-state index >= 15 is 0 Å². The van der Waals surface area contributed by atoms with Gasteiger partial charge in [0.1, 0.15) is 0 Å². The second-order valence-electron chi connectivity index (χ2n) is 3.91. The second kappa shape index (κ2) is 6.05. The first-order valence-electron chi connectivity index (χ1n) is 5.30. The molecule has 2 N–H and O–H groups in total. The third kappa shape index (κ3) is 4.14. The first-order chi connectivity index (χ1) is 7.86. The summed E-state index contributed by atoms with van der Waals surface area (Å²) in [6.45, 7) is 1.96. The number of sulfone groups is 1. The van der Waals surface area contributed by atoms with E-state index < -0.39 is 9.84 Å². The summed E-state index contributed by atoms with van der Waals surface area (Å²) in [7, 11) is -3.39.